The average Bonchev–Trinajstić information content (AvgIpc) is 3.14. The largest absolute Gasteiger partial charge is 0.323 e. The van der Waals surface area contributed by atoms with Crippen molar-refractivity contribution in [1.82, 2.24) is 10.6 Å². The minimum absolute atomic E-state index is 0.273. The Morgan fingerprint density at radius 3 is 2.75 bits per heavy atom. The quantitative estimate of drug-likeness (QED) is 0.590. The number of thiophene rings is 1. The second-order valence-corrected chi connectivity index (χ2v) is 6.43. The van der Waals surface area contributed by atoms with Crippen LogP contribution in [0.4, 0.5) is 10.5 Å². The van der Waals surface area contributed by atoms with Crippen molar-refractivity contribution >= 4 is 40.9 Å². The second-order valence-electron chi connectivity index (χ2n) is 5.45. The van der Waals surface area contributed by atoms with Crippen LogP contribution in [0.5, 0.6) is 0 Å². The molecule has 3 N–H and O–H groups in total. The zero-order valence-electron chi connectivity index (χ0n) is 12.8. The van der Waals surface area contributed by atoms with Gasteiger partial charge in [-0.15, -0.1) is 11.3 Å². The molecule has 24 heavy (non-hydrogen) atoms. The Bertz CT molecular complexity index is 829. The summed E-state index contributed by atoms with van der Waals surface area (Å²) in [6.45, 7) is 1.62. The van der Waals surface area contributed by atoms with Crippen molar-refractivity contribution in [2.75, 3.05) is 5.32 Å². The standard InChI is InChI=1S/C17H15N3O3S/c1-17(15(22)19-16(23)20-17)11-4-2-5-12(10-11)18-14(21)8-7-13-6-3-9-24-13/h2-10H,1H3,(H,18,21)(H2,19,20,22,23)/b8-7-/t17-/m1/s1. The van der Waals surface area contributed by atoms with Crippen LogP contribution in [0.3, 0.4) is 0 Å². The van der Waals surface area contributed by atoms with Crippen LogP contribution in [0.1, 0.15) is 17.4 Å². The fourth-order valence-corrected chi connectivity index (χ4v) is 3.00. The van der Waals surface area contributed by atoms with Crippen molar-refractivity contribution in [2.45, 2.75) is 12.5 Å². The number of carbonyl (C=O) groups is 3. The van der Waals surface area contributed by atoms with E-state index < -0.39 is 17.5 Å². The maximum atomic E-state index is 12.0. The van der Waals surface area contributed by atoms with Crippen LogP contribution in [0.15, 0.2) is 47.9 Å². The number of hydrogen-bond donors (Lipinski definition) is 3. The highest BCUT2D eigenvalue weighted by Crippen LogP contribution is 2.26. The molecule has 2 heterocycles. The zero-order valence-corrected chi connectivity index (χ0v) is 13.6. The Balaban J connectivity index is 1.75. The first kappa shape index (κ1) is 15.9. The number of anilines is 1. The van der Waals surface area contributed by atoms with E-state index in [0.717, 1.165) is 4.88 Å². The Morgan fingerprint density at radius 2 is 2.08 bits per heavy atom. The monoisotopic (exact) mass is 341 g/mol. The number of rotatable bonds is 4. The lowest BCUT2D eigenvalue weighted by atomic mass is 9.92. The summed E-state index contributed by atoms with van der Waals surface area (Å²) in [6, 6.07) is 10.1. The Labute approximate surface area is 142 Å². The highest BCUT2D eigenvalue weighted by Gasteiger charge is 2.43. The Kier molecular flexibility index (Phi) is 4.18. The van der Waals surface area contributed by atoms with Gasteiger partial charge in [0.25, 0.3) is 5.91 Å². The number of benzene rings is 1. The molecular weight excluding hydrogens is 326 g/mol. The zero-order chi connectivity index (χ0) is 17.2. The molecule has 0 unspecified atom stereocenters. The summed E-state index contributed by atoms with van der Waals surface area (Å²) in [7, 11) is 0. The van der Waals surface area contributed by atoms with E-state index in [4.69, 9.17) is 0 Å². The van der Waals surface area contributed by atoms with Crippen molar-refractivity contribution < 1.29 is 14.4 Å². The van der Waals surface area contributed by atoms with Crippen LogP contribution < -0.4 is 16.0 Å². The van der Waals surface area contributed by atoms with Gasteiger partial charge in [0.15, 0.2) is 0 Å². The van der Waals surface area contributed by atoms with Gasteiger partial charge in [0, 0.05) is 16.6 Å². The van der Waals surface area contributed by atoms with E-state index in [1.165, 1.54) is 17.4 Å². The van der Waals surface area contributed by atoms with E-state index >= 15 is 0 Å². The van der Waals surface area contributed by atoms with Crippen LogP contribution in [-0.2, 0) is 15.1 Å². The van der Waals surface area contributed by atoms with Gasteiger partial charge >= 0.3 is 6.03 Å². The summed E-state index contributed by atoms with van der Waals surface area (Å²) in [6.07, 6.45) is 3.18. The number of carbonyl (C=O) groups excluding carboxylic acids is 3. The average molecular weight is 341 g/mol. The second kappa shape index (κ2) is 6.29. The van der Waals surface area contributed by atoms with Gasteiger partial charge in [0.05, 0.1) is 0 Å². The molecule has 122 valence electrons. The molecule has 1 aromatic heterocycles. The normalized spacial score (nSPS) is 20.0. The molecule has 1 atom stereocenters. The van der Waals surface area contributed by atoms with Gasteiger partial charge in [0.1, 0.15) is 5.54 Å². The fourth-order valence-electron chi connectivity index (χ4n) is 2.38. The maximum absolute atomic E-state index is 12.0. The van der Waals surface area contributed by atoms with Crippen molar-refractivity contribution in [2.24, 2.45) is 0 Å². The summed E-state index contributed by atoms with van der Waals surface area (Å²) in [4.78, 5) is 36.3. The number of nitrogens with one attached hydrogen (secondary N) is 3. The van der Waals surface area contributed by atoms with Crippen molar-refractivity contribution in [3.63, 3.8) is 0 Å². The van der Waals surface area contributed by atoms with E-state index in [1.54, 1.807) is 37.3 Å². The first-order valence-corrected chi connectivity index (χ1v) is 8.12. The minimum Gasteiger partial charge on any atom is -0.323 e. The summed E-state index contributed by atoms with van der Waals surface area (Å²) in [5.74, 6) is -0.695. The van der Waals surface area contributed by atoms with Gasteiger partial charge in [0.2, 0.25) is 5.91 Å². The molecule has 1 fully saturated rings. The SMILES string of the molecule is C[C@]1(c2cccc(NC(=O)/C=C\c3cccs3)c2)NC(=O)NC1=O. The van der Waals surface area contributed by atoms with Gasteiger partial charge in [-0.3, -0.25) is 14.9 Å². The van der Waals surface area contributed by atoms with Gasteiger partial charge < -0.3 is 10.6 Å². The van der Waals surface area contributed by atoms with Gasteiger partial charge in [-0.2, -0.15) is 0 Å². The molecular formula is C17H15N3O3S. The predicted octanol–water partition coefficient (Wildman–Crippen LogP) is 2.45. The molecule has 3 rings (SSSR count). The number of urea groups is 1. The lowest BCUT2D eigenvalue weighted by molar-refractivity contribution is -0.123. The smallest absolute Gasteiger partial charge is 0.322 e. The van der Waals surface area contributed by atoms with Crippen LogP contribution in [0.2, 0.25) is 0 Å². The number of hydrogen-bond acceptors (Lipinski definition) is 4. The van der Waals surface area contributed by atoms with Crippen molar-refractivity contribution in [3.05, 3.63) is 58.3 Å². The molecule has 0 spiro atoms. The number of amides is 4. The molecule has 0 radical (unpaired) electrons. The lowest BCUT2D eigenvalue weighted by Crippen LogP contribution is -2.40. The van der Waals surface area contributed by atoms with Gasteiger partial charge in [-0.1, -0.05) is 18.2 Å². The first-order valence-electron chi connectivity index (χ1n) is 7.24. The summed E-state index contributed by atoms with van der Waals surface area (Å²) in [5, 5.41) is 9.49. The molecule has 7 heteroatoms. The van der Waals surface area contributed by atoms with E-state index in [2.05, 4.69) is 16.0 Å². The summed E-state index contributed by atoms with van der Waals surface area (Å²) in [5.41, 5.74) is -0.0145. The number of imide groups is 1. The van der Waals surface area contributed by atoms with Crippen LogP contribution in [0, 0.1) is 0 Å². The first-order chi connectivity index (χ1) is 11.5. The molecule has 1 aliphatic heterocycles. The lowest BCUT2D eigenvalue weighted by Gasteiger charge is -2.21. The molecule has 1 aromatic carbocycles. The summed E-state index contributed by atoms with van der Waals surface area (Å²) >= 11 is 1.54. The maximum Gasteiger partial charge on any atom is 0.322 e. The van der Waals surface area contributed by atoms with Crippen LogP contribution in [0.25, 0.3) is 6.08 Å². The van der Waals surface area contributed by atoms with Gasteiger partial charge in [-0.25, -0.2) is 4.79 Å². The fraction of sp³-hybridized carbons (Fsp3) is 0.118. The predicted molar refractivity (Wildman–Crippen MR) is 92.5 cm³/mol. The van der Waals surface area contributed by atoms with Crippen molar-refractivity contribution in [1.29, 1.82) is 0 Å². The Hall–Kier alpha value is -2.93. The molecule has 2 aromatic rings. The molecule has 0 saturated carbocycles. The highest BCUT2D eigenvalue weighted by molar-refractivity contribution is 7.10. The molecule has 0 aliphatic carbocycles. The third-order valence-corrected chi connectivity index (χ3v) is 4.53. The summed E-state index contributed by atoms with van der Waals surface area (Å²) < 4.78 is 0. The van der Waals surface area contributed by atoms with Crippen LogP contribution in [-0.4, -0.2) is 17.8 Å². The van der Waals surface area contributed by atoms with Gasteiger partial charge in [-0.05, 0) is 42.1 Å². The van der Waals surface area contributed by atoms with Crippen molar-refractivity contribution in [3.8, 4) is 0 Å². The molecule has 6 nitrogen and oxygen atoms in total. The Morgan fingerprint density at radius 1 is 1.25 bits per heavy atom. The third kappa shape index (κ3) is 3.21. The third-order valence-electron chi connectivity index (χ3n) is 3.69. The van der Waals surface area contributed by atoms with E-state index in [1.807, 2.05) is 17.5 Å². The molecule has 1 saturated heterocycles. The highest BCUT2D eigenvalue weighted by atomic mass is 32.1. The molecule has 4 amide bonds. The molecule has 1 aliphatic rings. The molecule has 0 bridgehead atoms. The van der Waals surface area contributed by atoms with E-state index in [0.29, 0.717) is 11.3 Å². The van der Waals surface area contributed by atoms with Crippen LogP contribution >= 0.6 is 11.3 Å². The topological polar surface area (TPSA) is 87.3 Å². The van der Waals surface area contributed by atoms with E-state index in [9.17, 15) is 14.4 Å². The minimum atomic E-state index is -1.15. The van der Waals surface area contributed by atoms with E-state index in [-0.39, 0.29) is 5.91 Å².